The van der Waals surface area contributed by atoms with Crippen LogP contribution in [0.25, 0.3) is 10.1 Å². The van der Waals surface area contributed by atoms with Crippen molar-refractivity contribution < 1.29 is 9.41 Å². The number of benzene rings is 1. The predicted molar refractivity (Wildman–Crippen MR) is 107 cm³/mol. The molecule has 0 spiro atoms. The number of hydrogen-bond acceptors (Lipinski definition) is 3. The number of amidine groups is 1. The summed E-state index contributed by atoms with van der Waals surface area (Å²) < 4.78 is 3.59. The van der Waals surface area contributed by atoms with Crippen LogP contribution in [-0.4, -0.2) is 48.6 Å². The van der Waals surface area contributed by atoms with E-state index in [9.17, 15) is 0 Å². The second kappa shape index (κ2) is 8.63. The molecule has 1 aromatic heterocycles. The van der Waals surface area contributed by atoms with Gasteiger partial charge in [0.05, 0.1) is 20.2 Å². The Hall–Kier alpha value is -1.66. The first kappa shape index (κ1) is 18.1. The molecule has 0 saturated carbocycles. The van der Waals surface area contributed by atoms with E-state index in [2.05, 4.69) is 39.0 Å². The molecule has 0 bridgehead atoms. The lowest BCUT2D eigenvalue weighted by molar-refractivity contribution is -0.542. The van der Waals surface area contributed by atoms with E-state index >= 15 is 0 Å². The first-order valence-corrected chi connectivity index (χ1v) is 9.55. The van der Waals surface area contributed by atoms with Crippen LogP contribution >= 0.6 is 22.9 Å². The molecule has 1 aliphatic rings. The van der Waals surface area contributed by atoms with E-state index in [-0.39, 0.29) is 0 Å². The molecule has 0 atom stereocenters. The summed E-state index contributed by atoms with van der Waals surface area (Å²) in [4.78, 5) is 7.57. The fourth-order valence-corrected chi connectivity index (χ4v) is 4.14. The van der Waals surface area contributed by atoms with Crippen LogP contribution in [0.2, 0.25) is 5.02 Å². The average Bonchev–Trinajstić information content (AvgIpc) is 3.01. The van der Waals surface area contributed by atoms with E-state index in [4.69, 9.17) is 16.4 Å². The Balaban J connectivity index is 1.68. The van der Waals surface area contributed by atoms with Gasteiger partial charge >= 0.3 is 0 Å². The highest BCUT2D eigenvalue weighted by molar-refractivity contribution is 7.17. The number of rotatable bonds is 5. The van der Waals surface area contributed by atoms with Crippen LogP contribution in [-0.2, 0) is 11.4 Å². The first-order chi connectivity index (χ1) is 12.2. The number of thiophene rings is 1. The molecule has 2 aromatic rings. The van der Waals surface area contributed by atoms with Crippen LogP contribution in [0.5, 0.6) is 0 Å². The second-order valence-corrected chi connectivity index (χ2v) is 7.30. The normalized spacial score (nSPS) is 15.8. The highest BCUT2D eigenvalue weighted by Crippen LogP contribution is 2.29. The Morgan fingerprint density at radius 3 is 2.96 bits per heavy atom. The van der Waals surface area contributed by atoms with E-state index in [1.54, 1.807) is 24.5 Å². The number of hydrogen-bond donors (Lipinski definition) is 1. The van der Waals surface area contributed by atoms with Crippen molar-refractivity contribution in [2.24, 2.45) is 0 Å². The fourth-order valence-electron chi connectivity index (χ4n) is 3.03. The van der Waals surface area contributed by atoms with Gasteiger partial charge in [0, 0.05) is 35.4 Å². The quantitative estimate of drug-likeness (QED) is 0.373. The molecule has 3 rings (SSSR count). The maximum absolute atomic E-state index is 6.16. The third-order valence-electron chi connectivity index (χ3n) is 4.32. The maximum atomic E-state index is 6.16. The molecular weight excluding hydrogens is 354 g/mol. The lowest BCUT2D eigenvalue weighted by Gasteiger charge is -2.27. The highest BCUT2D eigenvalue weighted by Gasteiger charge is 2.20. The molecule has 1 saturated heterocycles. The summed E-state index contributed by atoms with van der Waals surface area (Å²) in [6.07, 6.45) is 5.66. The van der Waals surface area contributed by atoms with Crippen LogP contribution in [0.15, 0.2) is 48.4 Å². The van der Waals surface area contributed by atoms with Gasteiger partial charge in [0.15, 0.2) is 0 Å². The van der Waals surface area contributed by atoms with Crippen LogP contribution in [0.4, 0.5) is 0 Å². The number of halogens is 1. The Morgan fingerprint density at radius 2 is 2.24 bits per heavy atom. The van der Waals surface area contributed by atoms with Gasteiger partial charge in [0.1, 0.15) is 0 Å². The minimum absolute atomic E-state index is 0.802. The Morgan fingerprint density at radius 1 is 1.44 bits per heavy atom. The molecule has 0 unspecified atom stereocenters. The Bertz CT molecular complexity index is 802. The van der Waals surface area contributed by atoms with E-state index in [0.29, 0.717) is 0 Å². The third-order valence-corrected chi connectivity index (χ3v) is 5.57. The number of fused-ring (bicyclic) bond motifs is 1. The lowest BCUT2D eigenvalue weighted by atomic mass is 10.1. The van der Waals surface area contributed by atoms with E-state index in [0.717, 1.165) is 43.6 Å². The van der Waals surface area contributed by atoms with E-state index in [1.807, 2.05) is 18.2 Å². The van der Waals surface area contributed by atoms with Gasteiger partial charge < -0.3 is 0 Å². The molecule has 1 fully saturated rings. The standard InChI is InChI=1S/C19H22ClN3OS/c1-3-4-5-19(21-24-2)23-10-8-22(9-11-23)13-15-14-25-18-7-6-16(20)12-17(15)18/h3-7,12,14H,1,8-11,13H2,2H3/p+1/b5-4-. The Kier molecular flexibility index (Phi) is 6.26. The van der Waals surface area contributed by atoms with Gasteiger partial charge in [0.2, 0.25) is 0 Å². The van der Waals surface area contributed by atoms with Crippen molar-refractivity contribution in [1.82, 2.24) is 10.4 Å². The van der Waals surface area contributed by atoms with Crippen molar-refractivity contribution >= 4 is 38.9 Å². The molecule has 132 valence electrons. The molecule has 0 radical (unpaired) electrons. The SMILES string of the molecule is C=C/C=C\C(NOC)=[N+]1CCN(Cc2csc3ccc(Cl)cc23)CC1. The van der Waals surface area contributed by atoms with Crippen molar-refractivity contribution in [3.05, 3.63) is 59.0 Å². The molecule has 0 amide bonds. The highest BCUT2D eigenvalue weighted by atomic mass is 35.5. The summed E-state index contributed by atoms with van der Waals surface area (Å²) in [5.41, 5.74) is 4.32. The summed E-state index contributed by atoms with van der Waals surface area (Å²) in [6.45, 7) is 8.61. The molecule has 2 heterocycles. The fraction of sp³-hybridized carbons (Fsp3) is 0.316. The largest absolute Gasteiger partial charge is 0.300 e. The predicted octanol–water partition coefficient (Wildman–Crippen LogP) is 3.67. The van der Waals surface area contributed by atoms with Crippen molar-refractivity contribution in [1.29, 1.82) is 0 Å². The van der Waals surface area contributed by atoms with E-state index < -0.39 is 0 Å². The van der Waals surface area contributed by atoms with Gasteiger partial charge in [-0.1, -0.05) is 30.3 Å². The van der Waals surface area contributed by atoms with Crippen molar-refractivity contribution in [2.75, 3.05) is 33.3 Å². The van der Waals surface area contributed by atoms with Gasteiger partial charge in [-0.2, -0.15) is 0 Å². The lowest BCUT2D eigenvalue weighted by Crippen LogP contribution is -2.45. The zero-order valence-electron chi connectivity index (χ0n) is 14.4. The monoisotopic (exact) mass is 376 g/mol. The van der Waals surface area contributed by atoms with Crippen LogP contribution in [0.3, 0.4) is 0 Å². The van der Waals surface area contributed by atoms with Gasteiger partial charge in [-0.15, -0.1) is 16.8 Å². The van der Waals surface area contributed by atoms with Crippen LogP contribution < -0.4 is 5.48 Å². The van der Waals surface area contributed by atoms with Crippen LogP contribution in [0.1, 0.15) is 5.56 Å². The van der Waals surface area contributed by atoms with Gasteiger partial charge in [-0.3, -0.25) is 9.48 Å². The maximum Gasteiger partial charge on any atom is 0.300 e. The smallest absolute Gasteiger partial charge is 0.291 e. The number of allylic oxidation sites excluding steroid dienone is 2. The zero-order chi connectivity index (χ0) is 17.6. The van der Waals surface area contributed by atoms with Gasteiger partial charge in [0.25, 0.3) is 5.84 Å². The summed E-state index contributed by atoms with van der Waals surface area (Å²) in [7, 11) is 1.63. The van der Waals surface area contributed by atoms with Crippen LogP contribution in [0, 0.1) is 0 Å². The van der Waals surface area contributed by atoms with Crippen molar-refractivity contribution in [3.8, 4) is 0 Å². The number of nitrogens with zero attached hydrogens (tertiary/aromatic N) is 2. The second-order valence-electron chi connectivity index (χ2n) is 5.95. The minimum Gasteiger partial charge on any atom is -0.291 e. The van der Waals surface area contributed by atoms with Gasteiger partial charge in [-0.25, -0.2) is 4.84 Å². The summed E-state index contributed by atoms with van der Waals surface area (Å²) in [6, 6.07) is 6.14. The molecule has 25 heavy (non-hydrogen) atoms. The summed E-state index contributed by atoms with van der Waals surface area (Å²) in [5, 5.41) is 4.34. The topological polar surface area (TPSA) is 27.5 Å². The van der Waals surface area contributed by atoms with Crippen molar-refractivity contribution in [2.45, 2.75) is 6.54 Å². The molecule has 1 aromatic carbocycles. The third kappa shape index (κ3) is 4.50. The van der Waals surface area contributed by atoms with Gasteiger partial charge in [-0.05, 0) is 34.5 Å². The summed E-state index contributed by atoms with van der Waals surface area (Å²) >= 11 is 7.95. The minimum atomic E-state index is 0.802. The molecule has 4 nitrogen and oxygen atoms in total. The number of piperazine rings is 1. The zero-order valence-corrected chi connectivity index (χ0v) is 15.9. The molecular formula is C19H23ClN3OS+. The Labute approximate surface area is 157 Å². The number of nitrogens with one attached hydrogen (secondary N) is 1. The molecule has 0 aliphatic carbocycles. The molecule has 1 N–H and O–H groups in total. The molecule has 1 aliphatic heterocycles. The summed E-state index contributed by atoms with van der Waals surface area (Å²) in [5.74, 6) is 0.967. The molecule has 6 heteroatoms. The van der Waals surface area contributed by atoms with E-state index in [1.165, 1.54) is 15.6 Å². The first-order valence-electron chi connectivity index (χ1n) is 8.29. The number of hydroxylamine groups is 1. The average molecular weight is 377 g/mol. The van der Waals surface area contributed by atoms with Crippen molar-refractivity contribution in [3.63, 3.8) is 0 Å².